The van der Waals surface area contributed by atoms with E-state index in [1.807, 2.05) is 0 Å². The molecule has 0 saturated carbocycles. The van der Waals surface area contributed by atoms with Crippen LogP contribution in [0.1, 0.15) is 63.9 Å². The molecular formula is C17H28N2S. The number of nitrogens with zero attached hydrogens (tertiary/aromatic N) is 2. The Balaban J connectivity index is 0.00000110. The molecule has 3 heteroatoms. The van der Waals surface area contributed by atoms with Gasteiger partial charge < -0.3 is 12.6 Å². The maximum absolute atomic E-state index is 7.13. The van der Waals surface area contributed by atoms with Crippen LogP contribution in [0.3, 0.4) is 0 Å². The number of nitriles is 1. The molecule has 0 unspecified atom stereocenters. The lowest BCUT2D eigenvalue weighted by molar-refractivity contribution is -0.697. The van der Waals surface area contributed by atoms with Crippen molar-refractivity contribution in [2.24, 2.45) is 0 Å². The lowest BCUT2D eigenvalue weighted by atomic mass is 10.1. The van der Waals surface area contributed by atoms with Gasteiger partial charge >= 0.3 is 0 Å². The van der Waals surface area contributed by atoms with E-state index in [-0.39, 0.29) is 0 Å². The fourth-order valence-electron chi connectivity index (χ4n) is 2.22. The summed E-state index contributed by atoms with van der Waals surface area (Å²) in [6.45, 7) is 5.61. The molecule has 112 valence electrons. The summed E-state index contributed by atoms with van der Waals surface area (Å²) in [4.78, 5) is 0. The molecule has 1 heterocycles. The molecule has 0 saturated heterocycles. The molecule has 1 aromatic heterocycles. The smallest absolute Gasteiger partial charge is 0.171 e. The highest BCUT2D eigenvalue weighted by atomic mass is 32.1. The Bertz CT molecular complexity index is 371. The SMILES string of the molecule is CCCCCCCCCC[n+]1cccc(C)c1.N#C[S-]. The number of aromatic nitrogens is 1. The molecule has 0 aliphatic heterocycles. The molecule has 0 atom stereocenters. The van der Waals surface area contributed by atoms with Crippen molar-refractivity contribution in [3.8, 4) is 5.40 Å². The van der Waals surface area contributed by atoms with Crippen LogP contribution in [0.2, 0.25) is 0 Å². The number of thiocyanates is 1. The van der Waals surface area contributed by atoms with Crippen molar-refractivity contribution in [2.75, 3.05) is 0 Å². The summed E-state index contributed by atoms with van der Waals surface area (Å²) in [5, 5.41) is 8.47. The standard InChI is InChI=1S/C16H28N.CHNS/c1-3-4-5-6-7-8-9-10-13-17-14-11-12-16(2)15-17;2-1-3/h11-12,14-15H,3-10,13H2,1-2H3;3H/q+1;/p-1. The molecule has 0 radical (unpaired) electrons. The van der Waals surface area contributed by atoms with Crippen molar-refractivity contribution in [1.82, 2.24) is 0 Å². The van der Waals surface area contributed by atoms with Gasteiger partial charge in [-0.1, -0.05) is 50.8 Å². The van der Waals surface area contributed by atoms with Crippen LogP contribution in [-0.4, -0.2) is 0 Å². The van der Waals surface area contributed by atoms with Gasteiger partial charge in [0.05, 0.1) is 0 Å². The Morgan fingerprint density at radius 1 is 1.10 bits per heavy atom. The summed E-state index contributed by atoms with van der Waals surface area (Å²) >= 11 is 3.70. The van der Waals surface area contributed by atoms with E-state index in [1.165, 1.54) is 68.9 Å². The summed E-state index contributed by atoms with van der Waals surface area (Å²) < 4.78 is 2.31. The molecule has 1 aromatic rings. The van der Waals surface area contributed by atoms with Crippen LogP contribution in [0.4, 0.5) is 0 Å². The third-order valence-electron chi connectivity index (χ3n) is 3.28. The zero-order valence-electron chi connectivity index (χ0n) is 13.0. The van der Waals surface area contributed by atoms with Gasteiger partial charge in [0.1, 0.15) is 6.54 Å². The van der Waals surface area contributed by atoms with Gasteiger partial charge in [0.15, 0.2) is 12.4 Å². The predicted octanol–water partition coefficient (Wildman–Crippen LogP) is 4.44. The van der Waals surface area contributed by atoms with Crippen molar-refractivity contribution in [1.29, 1.82) is 5.26 Å². The van der Waals surface area contributed by atoms with Crippen molar-refractivity contribution in [3.05, 3.63) is 30.1 Å². The van der Waals surface area contributed by atoms with Crippen molar-refractivity contribution in [3.63, 3.8) is 0 Å². The second-order valence-electron chi connectivity index (χ2n) is 5.19. The zero-order valence-corrected chi connectivity index (χ0v) is 13.8. The average Bonchev–Trinajstić information content (AvgIpc) is 2.43. The summed E-state index contributed by atoms with van der Waals surface area (Å²) in [5.41, 5.74) is 1.35. The van der Waals surface area contributed by atoms with E-state index in [1.54, 1.807) is 0 Å². The lowest BCUT2D eigenvalue weighted by Crippen LogP contribution is -2.32. The molecule has 0 bridgehead atoms. The van der Waals surface area contributed by atoms with E-state index in [9.17, 15) is 0 Å². The maximum atomic E-state index is 7.13. The first-order valence-electron chi connectivity index (χ1n) is 7.71. The number of hydrogen-bond donors (Lipinski definition) is 0. The van der Waals surface area contributed by atoms with Gasteiger partial charge in [-0.3, -0.25) is 0 Å². The monoisotopic (exact) mass is 292 g/mol. The van der Waals surface area contributed by atoms with Crippen LogP contribution in [0, 0.1) is 17.6 Å². The minimum absolute atomic E-state index is 1.18. The topological polar surface area (TPSA) is 27.7 Å². The van der Waals surface area contributed by atoms with Crippen molar-refractivity contribution < 1.29 is 4.57 Å². The van der Waals surface area contributed by atoms with E-state index in [0.717, 1.165) is 0 Å². The molecule has 0 spiro atoms. The number of pyridine rings is 1. The van der Waals surface area contributed by atoms with Gasteiger partial charge in [0, 0.05) is 18.1 Å². The molecule has 20 heavy (non-hydrogen) atoms. The Labute approximate surface area is 130 Å². The summed E-state index contributed by atoms with van der Waals surface area (Å²) in [6, 6.07) is 4.30. The predicted molar refractivity (Wildman–Crippen MR) is 87.0 cm³/mol. The van der Waals surface area contributed by atoms with E-state index < -0.39 is 0 Å². The Kier molecular flexibility index (Phi) is 13.5. The summed E-state index contributed by atoms with van der Waals surface area (Å²) in [6.07, 6.45) is 15.6. The van der Waals surface area contributed by atoms with E-state index in [2.05, 4.69) is 55.6 Å². The largest absolute Gasteiger partial charge is 0.696 e. The normalized spacial score (nSPS) is 9.45. The van der Waals surface area contributed by atoms with Crippen molar-refractivity contribution in [2.45, 2.75) is 71.8 Å². The highest BCUT2D eigenvalue weighted by Gasteiger charge is 1.99. The van der Waals surface area contributed by atoms with Crippen LogP contribution in [0.5, 0.6) is 0 Å². The Morgan fingerprint density at radius 3 is 2.20 bits per heavy atom. The fraction of sp³-hybridized carbons (Fsp3) is 0.647. The first-order valence-corrected chi connectivity index (χ1v) is 8.12. The molecule has 1 rings (SSSR count). The molecule has 0 fully saturated rings. The third kappa shape index (κ3) is 11.9. The number of hydrogen-bond acceptors (Lipinski definition) is 2. The van der Waals surface area contributed by atoms with Crippen LogP contribution in [-0.2, 0) is 19.2 Å². The number of unbranched alkanes of at least 4 members (excludes halogenated alkanes) is 7. The van der Waals surface area contributed by atoms with Crippen LogP contribution < -0.4 is 4.57 Å². The summed E-state index contributed by atoms with van der Waals surface area (Å²) in [7, 11) is 0. The maximum Gasteiger partial charge on any atom is 0.171 e. The molecule has 0 aliphatic rings. The third-order valence-corrected chi connectivity index (χ3v) is 3.28. The van der Waals surface area contributed by atoms with Gasteiger partial charge in [-0.25, -0.2) is 9.83 Å². The molecule has 0 aromatic carbocycles. The van der Waals surface area contributed by atoms with Crippen LogP contribution in [0.15, 0.2) is 24.5 Å². The lowest BCUT2D eigenvalue weighted by Gasteiger charge is -2.00. The van der Waals surface area contributed by atoms with Gasteiger partial charge in [-0.05, 0) is 19.4 Å². The van der Waals surface area contributed by atoms with Crippen LogP contribution >= 0.6 is 0 Å². The van der Waals surface area contributed by atoms with Gasteiger partial charge in [-0.2, -0.15) is 0 Å². The molecule has 0 amide bonds. The highest BCUT2D eigenvalue weighted by molar-refractivity contribution is 7.64. The number of rotatable bonds is 9. The molecular weight excluding hydrogens is 264 g/mol. The summed E-state index contributed by atoms with van der Waals surface area (Å²) in [5.74, 6) is 0. The average molecular weight is 292 g/mol. The number of aryl methyl sites for hydroxylation is 2. The minimum atomic E-state index is 1.18. The highest BCUT2D eigenvalue weighted by Crippen LogP contribution is 2.08. The quantitative estimate of drug-likeness (QED) is 0.291. The van der Waals surface area contributed by atoms with E-state index in [4.69, 9.17) is 5.26 Å². The van der Waals surface area contributed by atoms with Crippen molar-refractivity contribution >= 4 is 12.6 Å². The van der Waals surface area contributed by atoms with Crippen LogP contribution in [0.25, 0.3) is 0 Å². The first kappa shape index (κ1) is 18.9. The molecule has 2 nitrogen and oxygen atoms in total. The Morgan fingerprint density at radius 2 is 1.65 bits per heavy atom. The second-order valence-corrected chi connectivity index (χ2v) is 5.37. The molecule has 0 aliphatic carbocycles. The zero-order chi connectivity index (χ0) is 15.1. The fourth-order valence-corrected chi connectivity index (χ4v) is 2.22. The first-order chi connectivity index (χ1) is 9.74. The Hall–Kier alpha value is -1.14. The van der Waals surface area contributed by atoms with Gasteiger partial charge in [0.2, 0.25) is 0 Å². The van der Waals surface area contributed by atoms with E-state index in [0.29, 0.717) is 0 Å². The van der Waals surface area contributed by atoms with Gasteiger partial charge in [0.25, 0.3) is 0 Å². The minimum Gasteiger partial charge on any atom is -0.696 e. The van der Waals surface area contributed by atoms with Gasteiger partial charge in [-0.15, -0.1) is 0 Å². The second kappa shape index (κ2) is 14.3. The molecule has 0 N–H and O–H groups in total. The van der Waals surface area contributed by atoms with E-state index >= 15 is 0 Å².